The quantitative estimate of drug-likeness (QED) is 0.151. The number of nitrogens with zero attached hydrogens (tertiary/aromatic N) is 1. The maximum atomic E-state index is 12.4. The van der Waals surface area contributed by atoms with Gasteiger partial charge in [-0.3, -0.25) is 0 Å². The van der Waals surface area contributed by atoms with Crippen molar-refractivity contribution in [2.45, 2.75) is 13.5 Å². The van der Waals surface area contributed by atoms with Crippen LogP contribution < -0.4 is 9.47 Å². The Kier molecular flexibility index (Phi) is 7.87. The molecule has 0 saturated heterocycles. The molecule has 0 aliphatic carbocycles. The van der Waals surface area contributed by atoms with Gasteiger partial charge < -0.3 is 14.2 Å². The Morgan fingerprint density at radius 2 is 1.85 bits per heavy atom. The fourth-order valence-electron chi connectivity index (χ4n) is 3.17. The number of aliphatic imine (C=N–C) groups is 1. The normalized spacial score (nSPS) is 14.2. The van der Waals surface area contributed by atoms with E-state index < -0.39 is 5.97 Å². The van der Waals surface area contributed by atoms with Gasteiger partial charge in [-0.15, -0.1) is 0 Å². The maximum absolute atomic E-state index is 12.4. The minimum Gasteiger partial charge on any atom is -0.490 e. The van der Waals surface area contributed by atoms with Gasteiger partial charge in [0.15, 0.2) is 17.2 Å². The van der Waals surface area contributed by atoms with Crippen molar-refractivity contribution >= 4 is 72.4 Å². The predicted octanol–water partition coefficient (Wildman–Crippen LogP) is 7.14. The van der Waals surface area contributed by atoms with Crippen molar-refractivity contribution in [3.63, 3.8) is 0 Å². The summed E-state index contributed by atoms with van der Waals surface area (Å²) in [5, 5.41) is 0. The van der Waals surface area contributed by atoms with Crippen LogP contribution in [0, 0.1) is 3.57 Å². The minimum absolute atomic E-state index is 0.211. The molecule has 0 atom stereocenters. The molecule has 0 saturated carbocycles. The zero-order chi connectivity index (χ0) is 23.4. The lowest BCUT2D eigenvalue weighted by Crippen LogP contribution is -2.05. The molecule has 0 bridgehead atoms. The third-order valence-electron chi connectivity index (χ3n) is 4.63. The van der Waals surface area contributed by atoms with Crippen LogP contribution in [0.1, 0.15) is 23.6 Å². The summed E-state index contributed by atoms with van der Waals surface area (Å²) in [4.78, 5) is 16.8. The van der Waals surface area contributed by atoms with E-state index in [0.29, 0.717) is 34.7 Å². The van der Waals surface area contributed by atoms with Gasteiger partial charge in [-0.05, 0) is 115 Å². The van der Waals surface area contributed by atoms with Crippen molar-refractivity contribution in [3.8, 4) is 11.5 Å². The van der Waals surface area contributed by atoms with E-state index >= 15 is 0 Å². The number of cyclic esters (lactones) is 1. The second kappa shape index (κ2) is 10.8. The van der Waals surface area contributed by atoms with Gasteiger partial charge in [-0.25, -0.2) is 9.79 Å². The molecule has 0 spiro atoms. The Balaban J connectivity index is 1.62. The molecule has 3 aromatic carbocycles. The lowest BCUT2D eigenvalue weighted by Gasteiger charge is -2.15. The number of ether oxygens (including phenoxy) is 3. The summed E-state index contributed by atoms with van der Waals surface area (Å²) < 4.78 is 19.9. The van der Waals surface area contributed by atoms with Crippen molar-refractivity contribution in [1.29, 1.82) is 0 Å². The van der Waals surface area contributed by atoms with Crippen molar-refractivity contribution in [2.75, 3.05) is 6.61 Å². The number of carbonyl (C=O) groups is 1. The van der Waals surface area contributed by atoms with Crippen LogP contribution in [0.3, 0.4) is 0 Å². The van der Waals surface area contributed by atoms with E-state index in [1.54, 1.807) is 6.08 Å². The highest BCUT2D eigenvalue weighted by Gasteiger charge is 2.25. The number of hydrogen-bond acceptors (Lipinski definition) is 5. The summed E-state index contributed by atoms with van der Waals surface area (Å²) in [6.45, 7) is 2.78. The molecule has 1 aliphatic rings. The average molecular weight is 683 g/mol. The summed E-state index contributed by atoms with van der Waals surface area (Å²) in [7, 11) is 0. The summed E-state index contributed by atoms with van der Waals surface area (Å²) in [5.41, 5.74) is 2.72. The lowest BCUT2D eigenvalue weighted by molar-refractivity contribution is -0.129. The molecule has 0 fully saturated rings. The SMILES string of the molecule is CCOc1cc(/C=C2\N=C(c3ccccc3Br)OC2=O)cc(Br)c1OCc1cccc(I)c1. The topological polar surface area (TPSA) is 57.1 Å². The lowest BCUT2D eigenvalue weighted by atomic mass is 10.1. The van der Waals surface area contributed by atoms with Crippen LogP contribution in [0.5, 0.6) is 11.5 Å². The zero-order valence-electron chi connectivity index (χ0n) is 17.5. The average Bonchev–Trinajstić information content (AvgIpc) is 3.13. The third kappa shape index (κ3) is 5.85. The summed E-state index contributed by atoms with van der Waals surface area (Å²) in [6, 6.07) is 19.3. The standard InChI is InChI=1S/C25H18Br2INO4/c1-2-31-22-13-16(11-20(27)23(22)32-14-15-6-5-7-17(28)10-15)12-21-25(30)33-24(29-21)18-8-3-4-9-19(18)26/h3-13H,2,14H2,1H3/b21-12-. The Morgan fingerprint density at radius 3 is 2.61 bits per heavy atom. The van der Waals surface area contributed by atoms with Gasteiger partial charge in [0.2, 0.25) is 5.90 Å². The van der Waals surface area contributed by atoms with Crippen LogP contribution in [0.4, 0.5) is 0 Å². The van der Waals surface area contributed by atoms with E-state index in [1.807, 2.05) is 61.5 Å². The van der Waals surface area contributed by atoms with E-state index in [-0.39, 0.29) is 11.6 Å². The van der Waals surface area contributed by atoms with Gasteiger partial charge in [0.05, 0.1) is 16.6 Å². The van der Waals surface area contributed by atoms with Crippen LogP contribution in [0.25, 0.3) is 6.08 Å². The zero-order valence-corrected chi connectivity index (χ0v) is 22.8. The van der Waals surface area contributed by atoms with Crippen LogP contribution in [-0.4, -0.2) is 18.5 Å². The van der Waals surface area contributed by atoms with Gasteiger partial charge in [0.1, 0.15) is 6.61 Å². The first-order valence-electron chi connectivity index (χ1n) is 10.1. The molecular formula is C25H18Br2INO4. The Morgan fingerprint density at radius 1 is 1.03 bits per heavy atom. The highest BCUT2D eigenvalue weighted by Crippen LogP contribution is 2.38. The number of esters is 1. The second-order valence-electron chi connectivity index (χ2n) is 7.00. The molecule has 1 aliphatic heterocycles. The monoisotopic (exact) mass is 681 g/mol. The number of halogens is 3. The summed E-state index contributed by atoms with van der Waals surface area (Å²) >= 11 is 9.32. The number of rotatable bonds is 7. The molecule has 1 heterocycles. The van der Waals surface area contributed by atoms with Crippen LogP contribution >= 0.6 is 54.5 Å². The molecule has 0 amide bonds. The first kappa shape index (κ1) is 24.0. The summed E-state index contributed by atoms with van der Waals surface area (Å²) in [6.07, 6.45) is 1.67. The van der Waals surface area contributed by atoms with Crippen molar-refractivity contribution in [1.82, 2.24) is 0 Å². The Hall–Kier alpha value is -2.17. The first-order valence-corrected chi connectivity index (χ1v) is 12.7. The first-order chi connectivity index (χ1) is 15.9. The molecule has 0 N–H and O–H groups in total. The largest absolute Gasteiger partial charge is 0.490 e. The fraction of sp³-hybridized carbons (Fsp3) is 0.120. The second-order valence-corrected chi connectivity index (χ2v) is 9.95. The van der Waals surface area contributed by atoms with Crippen LogP contribution in [-0.2, 0) is 16.1 Å². The van der Waals surface area contributed by atoms with Gasteiger partial charge >= 0.3 is 5.97 Å². The highest BCUT2D eigenvalue weighted by molar-refractivity contribution is 14.1. The molecule has 168 valence electrons. The maximum Gasteiger partial charge on any atom is 0.363 e. The smallest absolute Gasteiger partial charge is 0.363 e. The molecule has 0 radical (unpaired) electrons. The third-order valence-corrected chi connectivity index (χ3v) is 6.58. The van der Waals surface area contributed by atoms with Crippen LogP contribution in [0.2, 0.25) is 0 Å². The molecule has 0 unspecified atom stereocenters. The van der Waals surface area contributed by atoms with E-state index in [0.717, 1.165) is 19.2 Å². The van der Waals surface area contributed by atoms with E-state index in [9.17, 15) is 4.79 Å². The number of carbonyl (C=O) groups excluding carboxylic acids is 1. The molecule has 4 rings (SSSR count). The highest BCUT2D eigenvalue weighted by atomic mass is 127. The Bertz CT molecular complexity index is 1270. The molecule has 3 aromatic rings. The van der Waals surface area contributed by atoms with Crippen molar-refractivity contribution in [3.05, 3.63) is 95.6 Å². The minimum atomic E-state index is -0.506. The van der Waals surface area contributed by atoms with E-state index in [2.05, 4.69) is 65.5 Å². The van der Waals surface area contributed by atoms with Gasteiger partial charge in [0.25, 0.3) is 0 Å². The molecule has 0 aromatic heterocycles. The molecular weight excluding hydrogens is 665 g/mol. The Labute approximate surface area is 222 Å². The number of benzene rings is 3. The van der Waals surface area contributed by atoms with Gasteiger partial charge in [0, 0.05) is 8.04 Å². The van der Waals surface area contributed by atoms with Crippen LogP contribution in [0.15, 0.2) is 80.3 Å². The molecule has 8 heteroatoms. The molecule has 33 heavy (non-hydrogen) atoms. The van der Waals surface area contributed by atoms with Gasteiger partial charge in [-0.2, -0.15) is 0 Å². The predicted molar refractivity (Wildman–Crippen MR) is 144 cm³/mol. The molecule has 5 nitrogen and oxygen atoms in total. The number of hydrogen-bond donors (Lipinski definition) is 0. The van der Waals surface area contributed by atoms with Gasteiger partial charge in [-0.1, -0.05) is 24.3 Å². The summed E-state index contributed by atoms with van der Waals surface area (Å²) in [5.74, 6) is 0.934. The van der Waals surface area contributed by atoms with Crippen molar-refractivity contribution < 1.29 is 19.0 Å². The van der Waals surface area contributed by atoms with Crippen molar-refractivity contribution in [2.24, 2.45) is 4.99 Å². The van der Waals surface area contributed by atoms with E-state index in [4.69, 9.17) is 14.2 Å². The van der Waals surface area contributed by atoms with E-state index in [1.165, 1.54) is 0 Å². The fourth-order valence-corrected chi connectivity index (χ4v) is 4.81.